The van der Waals surface area contributed by atoms with Gasteiger partial charge in [-0.3, -0.25) is 19.5 Å². The van der Waals surface area contributed by atoms with Crippen molar-refractivity contribution in [1.29, 1.82) is 0 Å². The van der Waals surface area contributed by atoms with Crippen LogP contribution in [0.5, 0.6) is 0 Å². The first kappa shape index (κ1) is 23.9. The Morgan fingerprint density at radius 3 is 2.83 bits per heavy atom. The Balaban J connectivity index is 1.17. The van der Waals surface area contributed by atoms with Gasteiger partial charge in [0, 0.05) is 34.9 Å². The average molecular weight is 538 g/mol. The first-order valence-corrected chi connectivity index (χ1v) is 14.0. The molecule has 8 nitrogen and oxygen atoms in total. The molecule has 0 fully saturated rings. The van der Waals surface area contributed by atoms with Crippen molar-refractivity contribution in [2.24, 2.45) is 10.9 Å². The number of carbonyl (C=O) groups is 1. The maximum atomic E-state index is 13.8. The number of carbonyl (C=O) groups excluding carboxylic acids is 1. The van der Waals surface area contributed by atoms with Gasteiger partial charge in [-0.2, -0.15) is 5.10 Å². The van der Waals surface area contributed by atoms with Crippen molar-refractivity contribution in [3.05, 3.63) is 101 Å². The summed E-state index contributed by atoms with van der Waals surface area (Å²) >= 11 is 0. The number of pyridine rings is 1. The monoisotopic (exact) mass is 537 g/mol. The van der Waals surface area contributed by atoms with E-state index in [0.717, 1.165) is 74.8 Å². The van der Waals surface area contributed by atoms with E-state index in [4.69, 9.17) is 4.98 Å². The maximum absolute atomic E-state index is 13.8. The molecule has 0 bridgehead atoms. The number of benzene rings is 3. The second kappa shape index (κ2) is 9.30. The smallest absolute Gasteiger partial charge is 0.140 e. The van der Waals surface area contributed by atoms with Gasteiger partial charge in [-0.15, -0.1) is 10.2 Å². The lowest BCUT2D eigenvalue weighted by Crippen LogP contribution is -2.25. The van der Waals surface area contributed by atoms with Crippen molar-refractivity contribution in [3.8, 4) is 16.9 Å². The third-order valence-electron chi connectivity index (χ3n) is 8.68. The largest absolute Gasteiger partial charge is 0.299 e. The van der Waals surface area contributed by atoms with E-state index in [2.05, 4.69) is 68.7 Å². The Morgan fingerprint density at radius 2 is 1.95 bits per heavy atom. The molecule has 8 heteroatoms. The molecule has 1 atom stereocenters. The summed E-state index contributed by atoms with van der Waals surface area (Å²) in [4.78, 5) is 23.4. The van der Waals surface area contributed by atoms with Gasteiger partial charge in [-0.25, -0.2) is 4.98 Å². The highest BCUT2D eigenvalue weighted by molar-refractivity contribution is 6.08. The number of aliphatic imine (C=N–C) groups is 1. The number of aryl methyl sites for hydroxylation is 2. The Bertz CT molecular complexity index is 2020. The minimum absolute atomic E-state index is 0.0575. The molecule has 6 aromatic rings. The van der Waals surface area contributed by atoms with Crippen LogP contribution in [0.3, 0.4) is 0 Å². The highest BCUT2D eigenvalue weighted by Crippen LogP contribution is 2.40. The number of nitrogens with one attached hydrogen (secondary N) is 1. The third-order valence-corrected chi connectivity index (χ3v) is 8.68. The van der Waals surface area contributed by atoms with Crippen molar-refractivity contribution >= 4 is 33.8 Å². The Morgan fingerprint density at radius 1 is 1.05 bits per heavy atom. The van der Waals surface area contributed by atoms with E-state index in [1.54, 1.807) is 12.7 Å². The predicted octanol–water partition coefficient (Wildman–Crippen LogP) is 5.52. The van der Waals surface area contributed by atoms with Crippen LogP contribution < -0.4 is 0 Å². The molecular weight excluding hydrogens is 510 g/mol. The zero-order chi connectivity index (χ0) is 27.5. The van der Waals surface area contributed by atoms with E-state index in [9.17, 15) is 4.79 Å². The molecular formula is C33H27N7O. The normalized spacial score (nSPS) is 15.9. The Hall–Kier alpha value is -4.98. The second-order valence-electron chi connectivity index (χ2n) is 11.2. The minimum Gasteiger partial charge on any atom is -0.299 e. The predicted molar refractivity (Wildman–Crippen MR) is 158 cm³/mol. The fourth-order valence-electron chi connectivity index (χ4n) is 6.61. The van der Waals surface area contributed by atoms with Gasteiger partial charge in [0.2, 0.25) is 0 Å². The summed E-state index contributed by atoms with van der Waals surface area (Å²) in [6, 6.07) is 16.8. The number of aromatic nitrogens is 6. The van der Waals surface area contributed by atoms with Gasteiger partial charge in [0.25, 0.3) is 0 Å². The standard InChI is InChI=1S/C33H27N7O/c1-19-10-20(2-9-30(19)40-17-36-37-18-40)11-31(41)21-5-6-25-26(13-21)33(22-3-4-23-14-34-15-24(23)12-22)38-29-8-7-28-27(32(25)29)16-35-39-28/h2-4,7-10,12,15-18,21H,5-6,11,13-14H2,1H3,(H,35,39). The van der Waals surface area contributed by atoms with Crippen molar-refractivity contribution in [3.63, 3.8) is 0 Å². The molecule has 200 valence electrons. The van der Waals surface area contributed by atoms with Gasteiger partial charge in [0.1, 0.15) is 18.4 Å². The summed E-state index contributed by atoms with van der Waals surface area (Å²) in [5, 5.41) is 17.5. The lowest BCUT2D eigenvalue weighted by atomic mass is 9.77. The molecule has 8 rings (SSSR count). The van der Waals surface area contributed by atoms with E-state index in [-0.39, 0.29) is 11.7 Å². The fourth-order valence-corrected chi connectivity index (χ4v) is 6.61. The molecule has 1 N–H and O–H groups in total. The summed E-state index contributed by atoms with van der Waals surface area (Å²) < 4.78 is 1.89. The van der Waals surface area contributed by atoms with E-state index < -0.39 is 0 Å². The molecule has 2 aliphatic rings. The summed E-state index contributed by atoms with van der Waals surface area (Å²) in [6.45, 7) is 2.79. The number of rotatable bonds is 5. The topological polar surface area (TPSA) is 102 Å². The zero-order valence-corrected chi connectivity index (χ0v) is 22.6. The molecule has 1 aliphatic carbocycles. The van der Waals surface area contributed by atoms with Gasteiger partial charge in [0.15, 0.2) is 0 Å². The first-order valence-electron chi connectivity index (χ1n) is 14.0. The van der Waals surface area contributed by atoms with E-state index in [0.29, 0.717) is 12.8 Å². The number of H-pyrrole nitrogens is 1. The van der Waals surface area contributed by atoms with Gasteiger partial charge >= 0.3 is 0 Å². The molecule has 0 saturated heterocycles. The number of Topliss-reactive ketones (excluding diaryl/α,β-unsaturated/α-hetero) is 1. The number of hydrogen-bond donors (Lipinski definition) is 1. The highest BCUT2D eigenvalue weighted by Gasteiger charge is 2.30. The Labute approximate surface area is 236 Å². The van der Waals surface area contributed by atoms with E-state index in [1.165, 1.54) is 16.7 Å². The van der Waals surface area contributed by atoms with Gasteiger partial charge in [0.05, 0.1) is 35.2 Å². The lowest BCUT2D eigenvalue weighted by molar-refractivity contribution is -0.122. The average Bonchev–Trinajstić information content (AvgIpc) is 3.78. The van der Waals surface area contributed by atoms with Crippen LogP contribution in [-0.4, -0.2) is 41.9 Å². The quantitative estimate of drug-likeness (QED) is 0.312. The van der Waals surface area contributed by atoms with Crippen molar-refractivity contribution in [1.82, 2.24) is 29.9 Å². The molecule has 4 heterocycles. The lowest BCUT2D eigenvalue weighted by Gasteiger charge is -2.27. The van der Waals surface area contributed by atoms with Gasteiger partial charge in [-0.1, -0.05) is 24.3 Å². The van der Waals surface area contributed by atoms with Crippen LogP contribution in [0.1, 0.15) is 39.8 Å². The molecule has 1 aliphatic heterocycles. The van der Waals surface area contributed by atoms with Crippen LogP contribution in [0, 0.1) is 12.8 Å². The fraction of sp³-hybridized carbons (Fsp3) is 0.212. The van der Waals surface area contributed by atoms with E-state index >= 15 is 0 Å². The summed E-state index contributed by atoms with van der Waals surface area (Å²) in [5.74, 6) is 0.221. The highest BCUT2D eigenvalue weighted by atomic mass is 16.1. The second-order valence-corrected chi connectivity index (χ2v) is 11.2. The van der Waals surface area contributed by atoms with Crippen molar-refractivity contribution in [2.45, 2.75) is 39.2 Å². The summed E-state index contributed by atoms with van der Waals surface area (Å²) in [7, 11) is 0. The van der Waals surface area contributed by atoms with Gasteiger partial charge < -0.3 is 0 Å². The van der Waals surface area contributed by atoms with Crippen LogP contribution in [0.4, 0.5) is 0 Å². The molecule has 0 saturated carbocycles. The number of hydrogen-bond acceptors (Lipinski definition) is 6. The summed E-state index contributed by atoms with van der Waals surface area (Å²) in [5.41, 5.74) is 12.0. The van der Waals surface area contributed by atoms with Crippen LogP contribution in [-0.2, 0) is 30.6 Å². The number of fused-ring (bicyclic) bond motifs is 6. The molecule has 0 spiro atoms. The zero-order valence-electron chi connectivity index (χ0n) is 22.6. The van der Waals surface area contributed by atoms with Crippen LogP contribution in [0.25, 0.3) is 38.8 Å². The van der Waals surface area contributed by atoms with E-state index in [1.807, 2.05) is 29.1 Å². The van der Waals surface area contributed by atoms with Crippen LogP contribution in [0.15, 0.2) is 72.4 Å². The summed E-state index contributed by atoms with van der Waals surface area (Å²) in [6.07, 6.45) is 9.98. The van der Waals surface area contributed by atoms with Crippen molar-refractivity contribution in [2.75, 3.05) is 0 Å². The molecule has 0 radical (unpaired) electrons. The number of ketones is 1. The molecule has 1 unspecified atom stereocenters. The maximum Gasteiger partial charge on any atom is 0.140 e. The molecule has 3 aromatic carbocycles. The van der Waals surface area contributed by atoms with Gasteiger partial charge in [-0.05, 0) is 83.8 Å². The molecule has 0 amide bonds. The Kier molecular flexibility index (Phi) is 5.41. The van der Waals surface area contributed by atoms with Crippen LogP contribution in [0.2, 0.25) is 0 Å². The molecule has 41 heavy (non-hydrogen) atoms. The van der Waals surface area contributed by atoms with Crippen LogP contribution >= 0.6 is 0 Å². The SMILES string of the molecule is Cc1cc(CC(=O)C2CCc3c(c(-c4ccc5c(c4)C=NC5)nc4ccc5[nH]ncc5c34)C2)ccc1-n1cnnc1. The van der Waals surface area contributed by atoms with Crippen molar-refractivity contribution < 1.29 is 4.79 Å². The number of aromatic amines is 1. The molecule has 3 aromatic heterocycles. The third kappa shape index (κ3) is 3.97. The number of nitrogens with zero attached hydrogens (tertiary/aromatic N) is 6. The minimum atomic E-state index is -0.0575. The first-order chi connectivity index (χ1) is 20.1.